The number of benzene rings is 1. The molecule has 1 heterocycles. The highest BCUT2D eigenvalue weighted by molar-refractivity contribution is 5.94. The van der Waals surface area contributed by atoms with Crippen LogP contribution in [-0.4, -0.2) is 4.57 Å². The average Bonchev–Trinajstić information content (AvgIpc) is 2.76. The average molecular weight is 338 g/mol. The number of fused-ring (bicyclic) bond motifs is 1. The second kappa shape index (κ2) is 6.86. The van der Waals surface area contributed by atoms with Crippen LogP contribution in [0, 0.1) is 5.41 Å². The zero-order valence-electron chi connectivity index (χ0n) is 17.6. The van der Waals surface area contributed by atoms with E-state index in [4.69, 9.17) is 0 Å². The van der Waals surface area contributed by atoms with Gasteiger partial charge in [0.25, 0.3) is 0 Å². The SMILES string of the molecule is C/C=C\c1c(/C=C/C(C)(C)C)c2cc(C(C)(C)C)ccc2n1C(C)C. The molecular formula is C24H35N. The van der Waals surface area contributed by atoms with Crippen molar-refractivity contribution in [2.45, 2.75) is 73.8 Å². The quantitative estimate of drug-likeness (QED) is 0.543. The van der Waals surface area contributed by atoms with E-state index < -0.39 is 0 Å². The lowest BCUT2D eigenvalue weighted by Gasteiger charge is -2.19. The highest BCUT2D eigenvalue weighted by atomic mass is 15.0. The van der Waals surface area contributed by atoms with Crippen LogP contribution in [0.5, 0.6) is 0 Å². The molecule has 0 saturated heterocycles. The standard InChI is InChI=1S/C24H35N/c1-10-11-21-19(14-15-23(4,5)6)20-16-18(24(7,8)9)12-13-22(20)25(21)17(2)3/h10-17H,1-9H3/b11-10-,15-14+. The van der Waals surface area contributed by atoms with Crippen molar-refractivity contribution in [1.82, 2.24) is 4.57 Å². The van der Waals surface area contributed by atoms with E-state index in [1.54, 1.807) is 0 Å². The molecule has 0 unspecified atom stereocenters. The molecule has 2 aromatic rings. The number of allylic oxidation sites excluding steroid dienone is 2. The summed E-state index contributed by atoms with van der Waals surface area (Å²) in [7, 11) is 0. The maximum Gasteiger partial charge on any atom is 0.0493 e. The van der Waals surface area contributed by atoms with Crippen LogP contribution in [0.1, 0.15) is 85.2 Å². The molecule has 0 radical (unpaired) electrons. The van der Waals surface area contributed by atoms with Crippen LogP contribution in [0.4, 0.5) is 0 Å². The third kappa shape index (κ3) is 4.26. The van der Waals surface area contributed by atoms with Gasteiger partial charge < -0.3 is 4.57 Å². The minimum atomic E-state index is 0.153. The second-order valence-corrected chi connectivity index (χ2v) is 9.44. The smallest absolute Gasteiger partial charge is 0.0493 e. The van der Waals surface area contributed by atoms with Crippen LogP contribution < -0.4 is 0 Å². The Morgan fingerprint density at radius 2 is 1.60 bits per heavy atom. The lowest BCUT2D eigenvalue weighted by molar-refractivity contribution is 0.547. The monoisotopic (exact) mass is 337 g/mol. The van der Waals surface area contributed by atoms with Crippen LogP contribution in [0.25, 0.3) is 23.1 Å². The van der Waals surface area contributed by atoms with Gasteiger partial charge in [-0.15, -0.1) is 0 Å². The Morgan fingerprint density at radius 3 is 2.08 bits per heavy atom. The number of hydrogen-bond acceptors (Lipinski definition) is 0. The van der Waals surface area contributed by atoms with Crippen molar-refractivity contribution in [2.75, 3.05) is 0 Å². The molecule has 2 rings (SSSR count). The van der Waals surface area contributed by atoms with Gasteiger partial charge in [-0.1, -0.05) is 65.8 Å². The predicted molar refractivity (Wildman–Crippen MR) is 114 cm³/mol. The van der Waals surface area contributed by atoms with Gasteiger partial charge in [-0.05, 0) is 55.4 Å². The van der Waals surface area contributed by atoms with E-state index in [0.29, 0.717) is 6.04 Å². The van der Waals surface area contributed by atoms with Crippen molar-refractivity contribution >= 4 is 23.1 Å². The van der Waals surface area contributed by atoms with Crippen molar-refractivity contribution in [2.24, 2.45) is 5.41 Å². The molecule has 0 spiro atoms. The van der Waals surface area contributed by atoms with Crippen LogP contribution >= 0.6 is 0 Å². The van der Waals surface area contributed by atoms with Gasteiger partial charge in [0, 0.05) is 28.2 Å². The molecule has 0 aliphatic heterocycles. The zero-order chi connectivity index (χ0) is 19.0. The molecule has 0 atom stereocenters. The lowest BCUT2D eigenvalue weighted by Crippen LogP contribution is -2.10. The van der Waals surface area contributed by atoms with Gasteiger partial charge in [0.15, 0.2) is 0 Å². The molecule has 1 nitrogen and oxygen atoms in total. The third-order valence-electron chi connectivity index (χ3n) is 4.54. The van der Waals surface area contributed by atoms with Gasteiger partial charge >= 0.3 is 0 Å². The van der Waals surface area contributed by atoms with Gasteiger partial charge in [0.05, 0.1) is 0 Å². The van der Waals surface area contributed by atoms with Crippen LogP contribution in [0.3, 0.4) is 0 Å². The summed E-state index contributed by atoms with van der Waals surface area (Å²) in [6.45, 7) is 20.2. The summed E-state index contributed by atoms with van der Waals surface area (Å²) in [6.07, 6.45) is 9.04. The van der Waals surface area contributed by atoms with E-state index in [1.807, 2.05) is 0 Å². The van der Waals surface area contributed by atoms with Crippen LogP contribution in [0.2, 0.25) is 0 Å². The van der Waals surface area contributed by atoms with Crippen molar-refractivity contribution in [3.8, 4) is 0 Å². The fraction of sp³-hybridized carbons (Fsp3) is 0.500. The molecule has 0 aliphatic rings. The number of rotatable bonds is 3. The lowest BCUT2D eigenvalue weighted by atomic mass is 9.86. The highest BCUT2D eigenvalue weighted by Crippen LogP contribution is 2.35. The highest BCUT2D eigenvalue weighted by Gasteiger charge is 2.20. The van der Waals surface area contributed by atoms with Crippen LogP contribution in [-0.2, 0) is 5.41 Å². The molecule has 1 heteroatoms. The summed E-state index contributed by atoms with van der Waals surface area (Å²) in [4.78, 5) is 0. The summed E-state index contributed by atoms with van der Waals surface area (Å²) in [5.41, 5.74) is 5.67. The number of nitrogens with zero attached hydrogens (tertiary/aromatic N) is 1. The van der Waals surface area contributed by atoms with E-state index in [1.165, 1.54) is 27.7 Å². The Bertz CT molecular complexity index is 799. The minimum absolute atomic E-state index is 0.153. The molecule has 25 heavy (non-hydrogen) atoms. The first kappa shape index (κ1) is 19.6. The first-order valence-electron chi connectivity index (χ1n) is 9.46. The van der Waals surface area contributed by atoms with Gasteiger partial charge in [-0.3, -0.25) is 0 Å². The third-order valence-corrected chi connectivity index (χ3v) is 4.54. The van der Waals surface area contributed by atoms with Gasteiger partial charge in [0.1, 0.15) is 0 Å². The molecule has 0 amide bonds. The summed E-state index contributed by atoms with van der Waals surface area (Å²) >= 11 is 0. The Kier molecular flexibility index (Phi) is 5.37. The molecule has 0 N–H and O–H groups in total. The molecule has 1 aromatic heterocycles. The Hall–Kier alpha value is -1.76. The van der Waals surface area contributed by atoms with Gasteiger partial charge in [-0.2, -0.15) is 0 Å². The Balaban J connectivity index is 2.88. The largest absolute Gasteiger partial charge is 0.338 e. The first-order chi connectivity index (χ1) is 11.5. The summed E-state index contributed by atoms with van der Waals surface area (Å²) in [6, 6.07) is 7.41. The maximum atomic E-state index is 2.46. The van der Waals surface area contributed by atoms with E-state index in [2.05, 4.69) is 109 Å². The topological polar surface area (TPSA) is 4.93 Å². The van der Waals surface area contributed by atoms with Crippen LogP contribution in [0.15, 0.2) is 30.4 Å². The normalized spacial score (nSPS) is 13.8. The van der Waals surface area contributed by atoms with Crippen molar-refractivity contribution in [3.63, 3.8) is 0 Å². The zero-order valence-corrected chi connectivity index (χ0v) is 17.6. The van der Waals surface area contributed by atoms with Crippen molar-refractivity contribution < 1.29 is 0 Å². The molecular weight excluding hydrogens is 302 g/mol. The summed E-state index contributed by atoms with van der Waals surface area (Å²) in [5, 5.41) is 1.36. The van der Waals surface area contributed by atoms with E-state index in [-0.39, 0.29) is 10.8 Å². The maximum absolute atomic E-state index is 2.46. The van der Waals surface area contributed by atoms with E-state index >= 15 is 0 Å². The molecule has 0 fully saturated rings. The summed E-state index contributed by atoms with van der Waals surface area (Å²) < 4.78 is 2.46. The fourth-order valence-corrected chi connectivity index (χ4v) is 3.22. The molecule has 1 aromatic carbocycles. The molecule has 136 valence electrons. The molecule has 0 aliphatic carbocycles. The first-order valence-corrected chi connectivity index (χ1v) is 9.46. The fourth-order valence-electron chi connectivity index (χ4n) is 3.22. The number of hydrogen-bond donors (Lipinski definition) is 0. The Labute approximate surface area is 154 Å². The van der Waals surface area contributed by atoms with Gasteiger partial charge in [-0.25, -0.2) is 0 Å². The molecule has 0 saturated carbocycles. The summed E-state index contributed by atoms with van der Waals surface area (Å²) in [5.74, 6) is 0. The predicted octanol–water partition coefficient (Wildman–Crippen LogP) is 7.61. The minimum Gasteiger partial charge on any atom is -0.338 e. The number of aromatic nitrogens is 1. The van der Waals surface area contributed by atoms with Crippen molar-refractivity contribution in [1.29, 1.82) is 0 Å². The van der Waals surface area contributed by atoms with E-state index in [9.17, 15) is 0 Å². The second-order valence-electron chi connectivity index (χ2n) is 9.44. The Morgan fingerprint density at radius 1 is 0.960 bits per heavy atom. The van der Waals surface area contributed by atoms with Gasteiger partial charge in [0.2, 0.25) is 0 Å². The molecule has 0 bridgehead atoms. The van der Waals surface area contributed by atoms with Crippen molar-refractivity contribution in [3.05, 3.63) is 47.2 Å². The van der Waals surface area contributed by atoms with E-state index in [0.717, 1.165) is 0 Å².